The molecule has 0 aliphatic carbocycles. The lowest BCUT2D eigenvalue weighted by molar-refractivity contribution is -0.117. The number of rotatable bonds is 3. The first-order chi connectivity index (χ1) is 12.1. The second-order valence-electron chi connectivity index (χ2n) is 5.84. The summed E-state index contributed by atoms with van der Waals surface area (Å²) in [5, 5.41) is 3.27. The molecule has 0 atom stereocenters. The molecule has 2 heterocycles. The predicted octanol–water partition coefficient (Wildman–Crippen LogP) is 3.45. The van der Waals surface area contributed by atoms with Gasteiger partial charge in [0.25, 0.3) is 5.91 Å². The van der Waals surface area contributed by atoms with E-state index < -0.39 is 0 Å². The van der Waals surface area contributed by atoms with E-state index in [4.69, 9.17) is 21.1 Å². The van der Waals surface area contributed by atoms with E-state index in [0.29, 0.717) is 46.4 Å². The van der Waals surface area contributed by atoms with Crippen molar-refractivity contribution in [3.8, 4) is 11.5 Å². The Kier molecular flexibility index (Phi) is 3.97. The van der Waals surface area contributed by atoms with Gasteiger partial charge in [-0.3, -0.25) is 9.59 Å². The van der Waals surface area contributed by atoms with Gasteiger partial charge in [0, 0.05) is 30.3 Å². The van der Waals surface area contributed by atoms with Crippen LogP contribution in [0.25, 0.3) is 0 Å². The molecule has 6 nitrogen and oxygen atoms in total. The van der Waals surface area contributed by atoms with Crippen molar-refractivity contribution in [1.29, 1.82) is 0 Å². The molecule has 128 valence electrons. The van der Waals surface area contributed by atoms with E-state index in [1.807, 2.05) is 0 Å². The third-order valence-corrected chi connectivity index (χ3v) is 4.52. The molecule has 2 aromatic rings. The van der Waals surface area contributed by atoms with E-state index in [1.54, 1.807) is 41.3 Å². The predicted molar refractivity (Wildman–Crippen MR) is 93.6 cm³/mol. The smallest absolute Gasteiger partial charge is 0.255 e. The van der Waals surface area contributed by atoms with Crippen molar-refractivity contribution in [2.45, 2.75) is 12.8 Å². The maximum atomic E-state index is 12.5. The van der Waals surface area contributed by atoms with Gasteiger partial charge in [0.15, 0.2) is 11.5 Å². The van der Waals surface area contributed by atoms with Crippen LogP contribution in [-0.4, -0.2) is 25.2 Å². The average molecular weight is 359 g/mol. The van der Waals surface area contributed by atoms with Crippen LogP contribution in [0.1, 0.15) is 23.2 Å². The quantitative estimate of drug-likeness (QED) is 0.912. The summed E-state index contributed by atoms with van der Waals surface area (Å²) >= 11 is 6.21. The molecule has 0 spiro atoms. The Morgan fingerprint density at radius 1 is 1.12 bits per heavy atom. The van der Waals surface area contributed by atoms with Crippen molar-refractivity contribution in [2.24, 2.45) is 0 Å². The highest BCUT2D eigenvalue weighted by Gasteiger charge is 2.24. The van der Waals surface area contributed by atoms with Gasteiger partial charge >= 0.3 is 0 Å². The van der Waals surface area contributed by atoms with Gasteiger partial charge in [-0.05, 0) is 36.8 Å². The second kappa shape index (κ2) is 6.29. The first kappa shape index (κ1) is 15.8. The van der Waals surface area contributed by atoms with Crippen LogP contribution in [0.5, 0.6) is 11.5 Å². The average Bonchev–Trinajstić information content (AvgIpc) is 3.23. The summed E-state index contributed by atoms with van der Waals surface area (Å²) < 4.78 is 10.6. The molecule has 2 aromatic carbocycles. The highest BCUT2D eigenvalue weighted by molar-refractivity contribution is 6.34. The van der Waals surface area contributed by atoms with E-state index in [0.717, 1.165) is 6.42 Å². The lowest BCUT2D eigenvalue weighted by atomic mass is 10.1. The molecule has 2 aliphatic rings. The number of benzene rings is 2. The zero-order chi connectivity index (χ0) is 17.4. The lowest BCUT2D eigenvalue weighted by Crippen LogP contribution is -2.24. The first-order valence-electron chi connectivity index (χ1n) is 7.93. The Hall–Kier alpha value is -2.73. The van der Waals surface area contributed by atoms with Gasteiger partial charge in [-0.2, -0.15) is 0 Å². The van der Waals surface area contributed by atoms with Gasteiger partial charge in [-0.15, -0.1) is 0 Å². The molecule has 0 radical (unpaired) electrons. The van der Waals surface area contributed by atoms with Gasteiger partial charge in [0.2, 0.25) is 12.7 Å². The Bertz CT molecular complexity index is 868. The van der Waals surface area contributed by atoms with Gasteiger partial charge in [0.05, 0.1) is 10.7 Å². The number of amides is 2. The summed E-state index contributed by atoms with van der Waals surface area (Å²) in [6.07, 6.45) is 1.30. The molecule has 0 saturated carbocycles. The summed E-state index contributed by atoms with van der Waals surface area (Å²) in [6.45, 7) is 0.795. The topological polar surface area (TPSA) is 67.9 Å². The molecular formula is C18H15ClN2O4. The van der Waals surface area contributed by atoms with Crippen molar-refractivity contribution in [3.63, 3.8) is 0 Å². The number of anilines is 2. The van der Waals surface area contributed by atoms with E-state index in [9.17, 15) is 9.59 Å². The number of nitrogens with one attached hydrogen (secondary N) is 1. The van der Waals surface area contributed by atoms with Crippen LogP contribution in [-0.2, 0) is 4.79 Å². The van der Waals surface area contributed by atoms with Crippen LogP contribution in [0.4, 0.5) is 11.4 Å². The van der Waals surface area contributed by atoms with Crippen molar-refractivity contribution < 1.29 is 19.1 Å². The molecule has 4 rings (SSSR count). The van der Waals surface area contributed by atoms with Gasteiger partial charge in [-0.25, -0.2) is 0 Å². The number of hydrogen-bond donors (Lipinski definition) is 1. The third kappa shape index (κ3) is 3.00. The number of fused-ring (bicyclic) bond motifs is 1. The molecule has 1 N–H and O–H groups in total. The van der Waals surface area contributed by atoms with E-state index in [-0.39, 0.29) is 18.6 Å². The van der Waals surface area contributed by atoms with Crippen LogP contribution < -0.4 is 19.7 Å². The SMILES string of the molecule is O=C(Nc1ccc2c(c1)OCO2)c1ccc(Cl)c(N2CCCC2=O)c1. The van der Waals surface area contributed by atoms with Crippen LogP contribution in [0.2, 0.25) is 5.02 Å². The van der Waals surface area contributed by atoms with Crippen LogP contribution in [0, 0.1) is 0 Å². The molecule has 2 amide bonds. The van der Waals surface area contributed by atoms with Crippen molar-refractivity contribution in [2.75, 3.05) is 23.6 Å². The number of ether oxygens (including phenoxy) is 2. The zero-order valence-electron chi connectivity index (χ0n) is 13.3. The number of carbonyl (C=O) groups excluding carboxylic acids is 2. The van der Waals surface area contributed by atoms with Crippen molar-refractivity contribution in [3.05, 3.63) is 47.0 Å². The Morgan fingerprint density at radius 2 is 1.96 bits per heavy atom. The Morgan fingerprint density at radius 3 is 2.76 bits per heavy atom. The summed E-state index contributed by atoms with van der Waals surface area (Å²) in [5.41, 5.74) is 1.60. The molecule has 0 aromatic heterocycles. The van der Waals surface area contributed by atoms with E-state index in [1.165, 1.54) is 0 Å². The summed E-state index contributed by atoms with van der Waals surface area (Å²) in [6, 6.07) is 10.1. The highest BCUT2D eigenvalue weighted by atomic mass is 35.5. The van der Waals surface area contributed by atoms with E-state index >= 15 is 0 Å². The maximum Gasteiger partial charge on any atom is 0.255 e. The Labute approximate surface area is 149 Å². The minimum Gasteiger partial charge on any atom is -0.454 e. The number of halogens is 1. The molecule has 1 saturated heterocycles. The second-order valence-corrected chi connectivity index (χ2v) is 6.24. The fraction of sp³-hybridized carbons (Fsp3) is 0.222. The molecule has 2 aliphatic heterocycles. The molecule has 0 bridgehead atoms. The van der Waals surface area contributed by atoms with Crippen LogP contribution in [0.3, 0.4) is 0 Å². The fourth-order valence-electron chi connectivity index (χ4n) is 2.94. The normalized spacial score (nSPS) is 15.6. The van der Waals surface area contributed by atoms with E-state index in [2.05, 4.69) is 5.32 Å². The molecule has 25 heavy (non-hydrogen) atoms. The van der Waals surface area contributed by atoms with Gasteiger partial charge in [-0.1, -0.05) is 11.6 Å². The molecular weight excluding hydrogens is 344 g/mol. The summed E-state index contributed by atoms with van der Waals surface area (Å²) in [7, 11) is 0. The largest absolute Gasteiger partial charge is 0.454 e. The third-order valence-electron chi connectivity index (χ3n) is 4.20. The number of carbonyl (C=O) groups is 2. The Balaban J connectivity index is 1.57. The van der Waals surface area contributed by atoms with Crippen LogP contribution in [0.15, 0.2) is 36.4 Å². The number of hydrogen-bond acceptors (Lipinski definition) is 4. The monoisotopic (exact) mass is 358 g/mol. The summed E-state index contributed by atoms with van der Waals surface area (Å²) in [4.78, 5) is 26.1. The van der Waals surface area contributed by atoms with Crippen molar-refractivity contribution in [1.82, 2.24) is 0 Å². The van der Waals surface area contributed by atoms with Crippen LogP contribution >= 0.6 is 11.6 Å². The first-order valence-corrected chi connectivity index (χ1v) is 8.30. The minimum absolute atomic E-state index is 0.0234. The molecule has 1 fully saturated rings. The fourth-order valence-corrected chi connectivity index (χ4v) is 3.16. The lowest BCUT2D eigenvalue weighted by Gasteiger charge is -2.18. The summed E-state index contributed by atoms with van der Waals surface area (Å²) in [5.74, 6) is 0.982. The molecule has 0 unspecified atom stereocenters. The minimum atomic E-state index is -0.288. The van der Waals surface area contributed by atoms with Crippen molar-refractivity contribution >= 4 is 34.8 Å². The zero-order valence-corrected chi connectivity index (χ0v) is 14.0. The maximum absolute atomic E-state index is 12.5. The van der Waals surface area contributed by atoms with Gasteiger partial charge in [0.1, 0.15) is 0 Å². The highest BCUT2D eigenvalue weighted by Crippen LogP contribution is 2.35. The standard InChI is InChI=1S/C18H15ClN2O4/c19-13-5-3-11(8-14(13)21-7-1-2-17(21)22)18(23)20-12-4-6-15-16(9-12)25-10-24-15/h3-6,8-9H,1-2,7,10H2,(H,20,23). The van der Waals surface area contributed by atoms with Gasteiger partial charge < -0.3 is 19.7 Å². The number of nitrogens with zero attached hydrogens (tertiary/aromatic N) is 1. The molecule has 7 heteroatoms.